The van der Waals surface area contributed by atoms with E-state index < -0.39 is 24.0 Å². The molecule has 126 valence electrons. The molecular formula is C14H7F6N3O. The van der Waals surface area contributed by atoms with Crippen LogP contribution in [0, 0.1) is 0 Å². The fourth-order valence-electron chi connectivity index (χ4n) is 2.10. The first-order valence-corrected chi connectivity index (χ1v) is 6.39. The van der Waals surface area contributed by atoms with Crippen LogP contribution in [0.2, 0.25) is 0 Å². The number of aromatic nitrogens is 3. The van der Waals surface area contributed by atoms with Crippen LogP contribution < -0.4 is 4.74 Å². The lowest BCUT2D eigenvalue weighted by Gasteiger charge is -2.09. The molecule has 2 heterocycles. The van der Waals surface area contributed by atoms with E-state index in [0.717, 1.165) is 35.3 Å². The maximum absolute atomic E-state index is 12.9. The van der Waals surface area contributed by atoms with Gasteiger partial charge >= 0.3 is 12.5 Å². The van der Waals surface area contributed by atoms with Gasteiger partial charge in [0.15, 0.2) is 5.69 Å². The minimum absolute atomic E-state index is 0.159. The third kappa shape index (κ3) is 3.26. The molecule has 0 amide bonds. The Bertz CT molecular complexity index is 867. The van der Waals surface area contributed by atoms with Crippen molar-refractivity contribution in [3.05, 3.63) is 48.7 Å². The van der Waals surface area contributed by atoms with Gasteiger partial charge in [0, 0.05) is 5.56 Å². The second kappa shape index (κ2) is 5.39. The zero-order chi connectivity index (χ0) is 17.5. The lowest BCUT2D eigenvalue weighted by atomic mass is 10.1. The van der Waals surface area contributed by atoms with E-state index in [1.807, 2.05) is 0 Å². The first-order valence-electron chi connectivity index (χ1n) is 6.39. The molecular weight excluding hydrogens is 340 g/mol. The van der Waals surface area contributed by atoms with Gasteiger partial charge < -0.3 is 4.74 Å². The van der Waals surface area contributed by atoms with Gasteiger partial charge in [-0.15, -0.1) is 13.2 Å². The summed E-state index contributed by atoms with van der Waals surface area (Å²) >= 11 is 0. The lowest BCUT2D eigenvalue weighted by molar-refractivity contribution is -0.274. The first kappa shape index (κ1) is 16.1. The summed E-state index contributed by atoms with van der Waals surface area (Å²) in [5, 5.41) is 0. The summed E-state index contributed by atoms with van der Waals surface area (Å²) in [6, 6.07) is 5.80. The molecule has 4 nitrogen and oxygen atoms in total. The van der Waals surface area contributed by atoms with Crippen LogP contribution in [-0.4, -0.2) is 20.7 Å². The second-order valence-corrected chi connectivity index (χ2v) is 4.73. The number of hydrogen-bond donors (Lipinski definition) is 0. The van der Waals surface area contributed by atoms with Crippen LogP contribution in [0.15, 0.2) is 43.0 Å². The molecule has 24 heavy (non-hydrogen) atoms. The maximum Gasteiger partial charge on any atom is 0.573 e. The molecule has 0 N–H and O–H groups in total. The molecule has 0 aliphatic heterocycles. The number of nitrogens with zero attached hydrogens (tertiary/aromatic N) is 3. The van der Waals surface area contributed by atoms with Gasteiger partial charge in [-0.05, 0) is 30.3 Å². The standard InChI is InChI=1S/C14H7F6N3O/c15-13(16,17)12-11-5-10(21-6-23(11)7-22-12)8-1-3-9(4-2-8)24-14(18,19)20/h1-7H. The van der Waals surface area contributed by atoms with Crippen molar-refractivity contribution in [2.45, 2.75) is 12.5 Å². The quantitative estimate of drug-likeness (QED) is 0.649. The predicted octanol–water partition coefficient (Wildman–Crippen LogP) is 4.31. The Kier molecular flexibility index (Phi) is 3.61. The molecule has 0 aliphatic carbocycles. The van der Waals surface area contributed by atoms with Crippen molar-refractivity contribution in [3.8, 4) is 17.0 Å². The molecule has 0 saturated carbocycles. The number of fused-ring (bicyclic) bond motifs is 1. The maximum atomic E-state index is 12.9. The van der Waals surface area contributed by atoms with Crippen molar-refractivity contribution in [1.82, 2.24) is 14.4 Å². The first-order chi connectivity index (χ1) is 11.1. The van der Waals surface area contributed by atoms with Crippen molar-refractivity contribution in [2.24, 2.45) is 0 Å². The predicted molar refractivity (Wildman–Crippen MR) is 70.1 cm³/mol. The van der Waals surface area contributed by atoms with E-state index >= 15 is 0 Å². The summed E-state index contributed by atoms with van der Waals surface area (Å²) in [4.78, 5) is 7.28. The molecule has 2 aromatic heterocycles. The third-order valence-electron chi connectivity index (χ3n) is 3.08. The zero-order valence-corrected chi connectivity index (χ0v) is 11.6. The number of alkyl halides is 6. The summed E-state index contributed by atoms with van der Waals surface area (Å²) in [6.45, 7) is 0. The van der Waals surface area contributed by atoms with Crippen molar-refractivity contribution in [1.29, 1.82) is 0 Å². The Balaban J connectivity index is 1.97. The SMILES string of the molecule is FC(F)(F)Oc1ccc(-c2cc3c(C(F)(F)F)ncn3cn2)cc1. The smallest absolute Gasteiger partial charge is 0.406 e. The fraction of sp³-hybridized carbons (Fsp3) is 0.143. The largest absolute Gasteiger partial charge is 0.573 e. The molecule has 0 bridgehead atoms. The molecule has 0 aliphatic rings. The number of ether oxygens (including phenoxy) is 1. The van der Waals surface area contributed by atoms with Gasteiger partial charge in [0.1, 0.15) is 18.4 Å². The number of hydrogen-bond acceptors (Lipinski definition) is 3. The van der Waals surface area contributed by atoms with Crippen LogP contribution in [0.4, 0.5) is 26.3 Å². The normalized spacial score (nSPS) is 12.6. The summed E-state index contributed by atoms with van der Waals surface area (Å²) in [5.74, 6) is -0.437. The number of imidazole rings is 1. The minimum atomic E-state index is -4.82. The Labute approximate surface area is 130 Å². The highest BCUT2D eigenvalue weighted by molar-refractivity contribution is 5.67. The molecule has 3 rings (SSSR count). The summed E-state index contributed by atoms with van der Waals surface area (Å²) in [6.07, 6.45) is -7.32. The number of rotatable bonds is 2. The molecule has 10 heteroatoms. The van der Waals surface area contributed by atoms with Crippen LogP contribution in [0.5, 0.6) is 5.75 Å². The summed E-state index contributed by atoms with van der Waals surface area (Å²) in [7, 11) is 0. The van der Waals surface area contributed by atoms with E-state index in [9.17, 15) is 26.3 Å². The van der Waals surface area contributed by atoms with Crippen LogP contribution in [0.3, 0.4) is 0 Å². The van der Waals surface area contributed by atoms with Crippen LogP contribution >= 0.6 is 0 Å². The highest BCUT2D eigenvalue weighted by atomic mass is 19.4. The van der Waals surface area contributed by atoms with Gasteiger partial charge in [-0.25, -0.2) is 9.97 Å². The average molecular weight is 347 g/mol. The van der Waals surface area contributed by atoms with E-state index in [1.165, 1.54) is 12.1 Å². The molecule has 0 unspecified atom stereocenters. The van der Waals surface area contributed by atoms with E-state index in [4.69, 9.17) is 0 Å². The van der Waals surface area contributed by atoms with Gasteiger partial charge in [-0.3, -0.25) is 4.40 Å². The summed E-state index contributed by atoms with van der Waals surface area (Å²) in [5.41, 5.74) is -0.778. The van der Waals surface area contributed by atoms with Gasteiger partial charge in [0.05, 0.1) is 11.2 Å². The zero-order valence-electron chi connectivity index (χ0n) is 11.6. The molecule has 0 radical (unpaired) electrons. The fourth-order valence-corrected chi connectivity index (χ4v) is 2.10. The van der Waals surface area contributed by atoms with Crippen LogP contribution in [0.1, 0.15) is 5.69 Å². The summed E-state index contributed by atoms with van der Waals surface area (Å²) < 4.78 is 79.8. The topological polar surface area (TPSA) is 39.4 Å². The van der Waals surface area contributed by atoms with Crippen molar-refractivity contribution in [2.75, 3.05) is 0 Å². The van der Waals surface area contributed by atoms with Crippen molar-refractivity contribution in [3.63, 3.8) is 0 Å². The van der Waals surface area contributed by atoms with Crippen LogP contribution in [-0.2, 0) is 6.18 Å². The minimum Gasteiger partial charge on any atom is -0.406 e. The van der Waals surface area contributed by atoms with Crippen LogP contribution in [0.25, 0.3) is 16.8 Å². The van der Waals surface area contributed by atoms with Crippen molar-refractivity contribution < 1.29 is 31.1 Å². The van der Waals surface area contributed by atoms with Gasteiger partial charge in [-0.1, -0.05) is 0 Å². The monoisotopic (exact) mass is 347 g/mol. The highest BCUT2D eigenvalue weighted by Gasteiger charge is 2.35. The molecule has 0 fully saturated rings. The van der Waals surface area contributed by atoms with Gasteiger partial charge in [0.2, 0.25) is 0 Å². The molecule has 0 atom stereocenters. The molecule has 1 aromatic carbocycles. The van der Waals surface area contributed by atoms with E-state index in [1.54, 1.807) is 0 Å². The second-order valence-electron chi connectivity index (χ2n) is 4.73. The average Bonchev–Trinajstić information content (AvgIpc) is 2.89. The molecule has 0 saturated heterocycles. The van der Waals surface area contributed by atoms with E-state index in [-0.39, 0.29) is 11.2 Å². The van der Waals surface area contributed by atoms with E-state index in [0.29, 0.717) is 5.56 Å². The Morgan fingerprint density at radius 1 is 0.875 bits per heavy atom. The Morgan fingerprint density at radius 3 is 2.08 bits per heavy atom. The molecule has 3 aromatic rings. The number of benzene rings is 1. The molecule has 0 spiro atoms. The lowest BCUT2D eigenvalue weighted by Crippen LogP contribution is -2.16. The Hall–Kier alpha value is -2.78. The third-order valence-corrected chi connectivity index (χ3v) is 3.08. The van der Waals surface area contributed by atoms with Gasteiger partial charge in [-0.2, -0.15) is 13.2 Å². The van der Waals surface area contributed by atoms with Gasteiger partial charge in [0.25, 0.3) is 0 Å². The Morgan fingerprint density at radius 2 is 1.50 bits per heavy atom. The number of halogens is 6. The van der Waals surface area contributed by atoms with E-state index in [2.05, 4.69) is 14.7 Å². The van der Waals surface area contributed by atoms with Crippen molar-refractivity contribution >= 4 is 5.52 Å². The highest BCUT2D eigenvalue weighted by Crippen LogP contribution is 2.32.